The van der Waals surface area contributed by atoms with Crippen LogP contribution in [-0.4, -0.2) is 9.78 Å². The van der Waals surface area contributed by atoms with Crippen molar-refractivity contribution in [3.05, 3.63) is 52.9 Å². The van der Waals surface area contributed by atoms with Crippen LogP contribution in [0.1, 0.15) is 16.8 Å². The molecule has 0 radical (unpaired) electrons. The third kappa shape index (κ3) is 2.50. The Morgan fingerprint density at radius 2 is 1.88 bits per heavy atom. The fourth-order valence-corrected chi connectivity index (χ4v) is 1.72. The van der Waals surface area contributed by atoms with Crippen LogP contribution in [0.3, 0.4) is 0 Å². The zero-order valence-corrected chi connectivity index (χ0v) is 9.45. The summed E-state index contributed by atoms with van der Waals surface area (Å²) in [5.41, 5.74) is 7.92. The molecule has 0 fully saturated rings. The summed E-state index contributed by atoms with van der Waals surface area (Å²) in [5.74, 6) is -1.16. The van der Waals surface area contributed by atoms with E-state index in [-0.39, 0.29) is 0 Å². The normalized spacial score (nSPS) is 10.8. The summed E-state index contributed by atoms with van der Waals surface area (Å²) in [6.45, 7) is 2.62. The predicted octanol–water partition coefficient (Wildman–Crippen LogP) is 1.98. The average Bonchev–Trinajstić information content (AvgIpc) is 2.58. The molecule has 1 aromatic carbocycles. The van der Waals surface area contributed by atoms with Gasteiger partial charge in [0.25, 0.3) is 0 Å². The summed E-state index contributed by atoms with van der Waals surface area (Å²) in [6, 6.07) is 3.45. The van der Waals surface area contributed by atoms with E-state index < -0.39 is 11.6 Å². The molecule has 2 aromatic rings. The molecule has 0 saturated carbocycles. The Kier molecular flexibility index (Phi) is 3.19. The number of nitrogens with zero attached hydrogens (tertiary/aromatic N) is 2. The fraction of sp³-hybridized carbons (Fsp3) is 0.250. The minimum atomic E-state index is -0.580. The zero-order valence-electron chi connectivity index (χ0n) is 9.45. The summed E-state index contributed by atoms with van der Waals surface area (Å²) in [5, 5.41) is 4.13. The van der Waals surface area contributed by atoms with Gasteiger partial charge in [0.05, 0.1) is 12.7 Å². The number of benzene rings is 1. The second kappa shape index (κ2) is 4.63. The molecule has 0 aliphatic carbocycles. The Labute approximate surface area is 97.9 Å². The van der Waals surface area contributed by atoms with Gasteiger partial charge in [-0.25, -0.2) is 8.78 Å². The van der Waals surface area contributed by atoms with Crippen molar-refractivity contribution >= 4 is 0 Å². The molecule has 0 aliphatic heterocycles. The highest BCUT2D eigenvalue weighted by Gasteiger charge is 2.07. The topological polar surface area (TPSA) is 43.8 Å². The third-order valence-corrected chi connectivity index (χ3v) is 2.68. The highest BCUT2D eigenvalue weighted by atomic mass is 19.1. The van der Waals surface area contributed by atoms with E-state index in [0.717, 1.165) is 17.3 Å². The average molecular weight is 237 g/mol. The summed E-state index contributed by atoms with van der Waals surface area (Å²) < 4.78 is 27.7. The summed E-state index contributed by atoms with van der Waals surface area (Å²) in [7, 11) is 0. The van der Waals surface area contributed by atoms with Crippen LogP contribution in [0.4, 0.5) is 8.78 Å². The smallest absolute Gasteiger partial charge is 0.126 e. The van der Waals surface area contributed by atoms with Crippen LogP contribution in [0.2, 0.25) is 0 Å². The van der Waals surface area contributed by atoms with Gasteiger partial charge in [0, 0.05) is 23.9 Å². The van der Waals surface area contributed by atoms with E-state index in [1.165, 1.54) is 12.1 Å². The molecule has 1 heterocycles. The lowest BCUT2D eigenvalue weighted by atomic mass is 10.2. The van der Waals surface area contributed by atoms with Crippen molar-refractivity contribution in [3.63, 3.8) is 0 Å². The van der Waals surface area contributed by atoms with Crippen LogP contribution >= 0.6 is 0 Å². The SMILES string of the molecule is Cc1c(CN)cnn1Cc1cc(F)cc(F)c1. The zero-order chi connectivity index (χ0) is 12.4. The van der Waals surface area contributed by atoms with Gasteiger partial charge in [0.2, 0.25) is 0 Å². The van der Waals surface area contributed by atoms with Gasteiger partial charge in [0.1, 0.15) is 11.6 Å². The molecule has 90 valence electrons. The Morgan fingerprint density at radius 3 is 2.41 bits per heavy atom. The molecule has 0 atom stereocenters. The van der Waals surface area contributed by atoms with E-state index in [2.05, 4.69) is 5.10 Å². The first-order chi connectivity index (χ1) is 8.10. The van der Waals surface area contributed by atoms with Crippen LogP contribution < -0.4 is 5.73 Å². The molecule has 0 bridgehead atoms. The van der Waals surface area contributed by atoms with Gasteiger partial charge in [-0.05, 0) is 24.6 Å². The predicted molar refractivity (Wildman–Crippen MR) is 60.3 cm³/mol. The van der Waals surface area contributed by atoms with Crippen molar-refractivity contribution < 1.29 is 8.78 Å². The minimum absolute atomic E-state index is 0.334. The molecule has 0 unspecified atom stereocenters. The lowest BCUT2D eigenvalue weighted by molar-refractivity contribution is 0.573. The van der Waals surface area contributed by atoms with Gasteiger partial charge in [-0.3, -0.25) is 4.68 Å². The van der Waals surface area contributed by atoms with Gasteiger partial charge < -0.3 is 5.73 Å². The van der Waals surface area contributed by atoms with Gasteiger partial charge in [-0.1, -0.05) is 0 Å². The Hall–Kier alpha value is -1.75. The van der Waals surface area contributed by atoms with Crippen molar-refractivity contribution in [1.82, 2.24) is 9.78 Å². The summed E-state index contributed by atoms with van der Waals surface area (Å²) >= 11 is 0. The highest BCUT2D eigenvalue weighted by molar-refractivity contribution is 5.21. The second-order valence-electron chi connectivity index (χ2n) is 3.89. The Balaban J connectivity index is 2.28. The number of halogens is 2. The molecule has 2 rings (SSSR count). The molecule has 3 nitrogen and oxygen atoms in total. The van der Waals surface area contributed by atoms with Crippen LogP contribution in [0.5, 0.6) is 0 Å². The maximum absolute atomic E-state index is 13.0. The largest absolute Gasteiger partial charge is 0.326 e. The standard InChI is InChI=1S/C12H13F2N3/c1-8-10(5-15)6-16-17(8)7-9-2-11(13)4-12(14)3-9/h2-4,6H,5,7,15H2,1H3. The molecule has 0 spiro atoms. The molecular formula is C12H13F2N3. The Bertz CT molecular complexity index is 514. The fourth-order valence-electron chi connectivity index (χ4n) is 1.72. The first-order valence-corrected chi connectivity index (χ1v) is 5.26. The van der Waals surface area contributed by atoms with Crippen molar-refractivity contribution in [2.24, 2.45) is 5.73 Å². The number of aromatic nitrogens is 2. The highest BCUT2D eigenvalue weighted by Crippen LogP contribution is 2.12. The van der Waals surface area contributed by atoms with E-state index in [0.29, 0.717) is 18.7 Å². The molecule has 5 heteroatoms. The molecular weight excluding hydrogens is 224 g/mol. The molecule has 0 saturated heterocycles. The van der Waals surface area contributed by atoms with Gasteiger partial charge in [-0.15, -0.1) is 0 Å². The molecule has 1 aromatic heterocycles. The van der Waals surface area contributed by atoms with E-state index in [4.69, 9.17) is 5.73 Å². The van der Waals surface area contributed by atoms with Crippen LogP contribution in [0.25, 0.3) is 0 Å². The summed E-state index contributed by atoms with van der Waals surface area (Å²) in [6.07, 6.45) is 1.67. The first kappa shape index (κ1) is 11.7. The number of hydrogen-bond acceptors (Lipinski definition) is 2. The lowest BCUT2D eigenvalue weighted by Gasteiger charge is -2.06. The van der Waals surface area contributed by atoms with Crippen molar-refractivity contribution in [2.75, 3.05) is 0 Å². The van der Waals surface area contributed by atoms with Crippen molar-refractivity contribution in [1.29, 1.82) is 0 Å². The minimum Gasteiger partial charge on any atom is -0.326 e. The molecule has 0 aliphatic rings. The maximum Gasteiger partial charge on any atom is 0.126 e. The number of nitrogens with two attached hydrogens (primary N) is 1. The molecule has 17 heavy (non-hydrogen) atoms. The van der Waals surface area contributed by atoms with Gasteiger partial charge in [0.15, 0.2) is 0 Å². The van der Waals surface area contributed by atoms with E-state index >= 15 is 0 Å². The van der Waals surface area contributed by atoms with Crippen LogP contribution in [-0.2, 0) is 13.1 Å². The van der Waals surface area contributed by atoms with E-state index in [9.17, 15) is 8.78 Å². The van der Waals surface area contributed by atoms with Gasteiger partial charge >= 0.3 is 0 Å². The monoisotopic (exact) mass is 237 g/mol. The lowest BCUT2D eigenvalue weighted by Crippen LogP contribution is -2.06. The Morgan fingerprint density at radius 1 is 1.24 bits per heavy atom. The third-order valence-electron chi connectivity index (χ3n) is 2.68. The number of hydrogen-bond donors (Lipinski definition) is 1. The van der Waals surface area contributed by atoms with E-state index in [1.807, 2.05) is 6.92 Å². The maximum atomic E-state index is 13.0. The van der Waals surface area contributed by atoms with Crippen molar-refractivity contribution in [2.45, 2.75) is 20.0 Å². The first-order valence-electron chi connectivity index (χ1n) is 5.26. The van der Waals surface area contributed by atoms with Crippen LogP contribution in [0.15, 0.2) is 24.4 Å². The second-order valence-corrected chi connectivity index (χ2v) is 3.89. The summed E-state index contributed by atoms with van der Waals surface area (Å²) in [4.78, 5) is 0. The van der Waals surface area contributed by atoms with E-state index in [1.54, 1.807) is 10.9 Å². The molecule has 2 N–H and O–H groups in total. The number of rotatable bonds is 3. The van der Waals surface area contributed by atoms with Crippen molar-refractivity contribution in [3.8, 4) is 0 Å². The quantitative estimate of drug-likeness (QED) is 0.887. The molecule has 0 amide bonds. The van der Waals surface area contributed by atoms with Crippen LogP contribution in [0, 0.1) is 18.6 Å². The van der Waals surface area contributed by atoms with Gasteiger partial charge in [-0.2, -0.15) is 5.10 Å².